The third-order valence-corrected chi connectivity index (χ3v) is 4.01. The van der Waals surface area contributed by atoms with Gasteiger partial charge in [0.1, 0.15) is 0 Å². The number of carbonyl (C=O) groups is 2. The molecule has 1 saturated carbocycles. The molecule has 2 atom stereocenters. The molecule has 1 aliphatic carbocycles. The van der Waals surface area contributed by atoms with E-state index in [1.54, 1.807) is 24.3 Å². The van der Waals surface area contributed by atoms with Gasteiger partial charge in [-0.1, -0.05) is 31.9 Å². The summed E-state index contributed by atoms with van der Waals surface area (Å²) in [6, 6.07) is 6.97. The number of nitrogens with two attached hydrogens (primary N) is 1. The van der Waals surface area contributed by atoms with Gasteiger partial charge in [0.2, 0.25) is 5.91 Å². The van der Waals surface area contributed by atoms with Gasteiger partial charge in [0, 0.05) is 11.3 Å². The number of Topliss-reactive ketones (excluding diaryl/α,β-unsaturated/α-hetero) is 1. The van der Waals surface area contributed by atoms with Gasteiger partial charge in [0.15, 0.2) is 5.78 Å². The predicted octanol–water partition coefficient (Wildman–Crippen LogP) is 2.74. The van der Waals surface area contributed by atoms with Crippen molar-refractivity contribution in [2.45, 2.75) is 45.1 Å². The second-order valence-corrected chi connectivity index (χ2v) is 5.95. The second-order valence-electron chi connectivity index (χ2n) is 5.95. The number of hydrogen-bond acceptors (Lipinski definition) is 3. The standard InChI is InChI=1S/C16H22N2O2/c1-11-5-4-8-16(17,10-11)15(20)18-14-7-3-6-13(9-14)12(2)19/h3,6-7,9,11H,4-5,8,10,17H2,1-2H3,(H,18,20). The van der Waals surface area contributed by atoms with Crippen molar-refractivity contribution >= 4 is 17.4 Å². The van der Waals surface area contributed by atoms with Crippen molar-refractivity contribution in [2.24, 2.45) is 11.7 Å². The number of amides is 1. The maximum absolute atomic E-state index is 12.4. The van der Waals surface area contributed by atoms with E-state index in [-0.39, 0.29) is 11.7 Å². The molecular weight excluding hydrogens is 252 g/mol. The van der Waals surface area contributed by atoms with Crippen LogP contribution >= 0.6 is 0 Å². The third kappa shape index (κ3) is 3.25. The lowest BCUT2D eigenvalue weighted by atomic mass is 9.76. The topological polar surface area (TPSA) is 72.2 Å². The molecule has 1 aromatic carbocycles. The summed E-state index contributed by atoms with van der Waals surface area (Å²) in [5.74, 6) is 0.308. The van der Waals surface area contributed by atoms with Crippen LogP contribution in [-0.2, 0) is 4.79 Å². The largest absolute Gasteiger partial charge is 0.324 e. The Balaban J connectivity index is 2.11. The molecule has 2 rings (SSSR count). The Hall–Kier alpha value is -1.68. The zero-order chi connectivity index (χ0) is 14.8. The lowest BCUT2D eigenvalue weighted by Gasteiger charge is -2.35. The van der Waals surface area contributed by atoms with E-state index in [4.69, 9.17) is 5.73 Å². The fraction of sp³-hybridized carbons (Fsp3) is 0.500. The predicted molar refractivity (Wildman–Crippen MR) is 79.6 cm³/mol. The molecule has 0 aliphatic heterocycles. The summed E-state index contributed by atoms with van der Waals surface area (Å²) >= 11 is 0. The number of nitrogens with one attached hydrogen (secondary N) is 1. The number of carbonyl (C=O) groups excluding carboxylic acids is 2. The Morgan fingerprint density at radius 3 is 2.80 bits per heavy atom. The highest BCUT2D eigenvalue weighted by Crippen LogP contribution is 2.31. The van der Waals surface area contributed by atoms with Crippen molar-refractivity contribution in [3.63, 3.8) is 0 Å². The van der Waals surface area contributed by atoms with E-state index < -0.39 is 5.54 Å². The summed E-state index contributed by atoms with van der Waals surface area (Å²) < 4.78 is 0. The molecule has 4 nitrogen and oxygen atoms in total. The monoisotopic (exact) mass is 274 g/mol. The van der Waals surface area contributed by atoms with E-state index in [1.165, 1.54) is 6.92 Å². The molecule has 20 heavy (non-hydrogen) atoms. The van der Waals surface area contributed by atoms with Crippen LogP contribution in [-0.4, -0.2) is 17.2 Å². The van der Waals surface area contributed by atoms with Gasteiger partial charge < -0.3 is 11.1 Å². The first kappa shape index (κ1) is 14.7. The molecule has 1 fully saturated rings. The average Bonchev–Trinajstić information content (AvgIpc) is 2.38. The summed E-state index contributed by atoms with van der Waals surface area (Å²) in [6.45, 7) is 3.64. The second kappa shape index (κ2) is 5.75. The van der Waals surface area contributed by atoms with E-state index in [1.807, 2.05) is 0 Å². The van der Waals surface area contributed by atoms with Crippen LogP contribution in [0.1, 0.15) is 49.9 Å². The van der Waals surface area contributed by atoms with Gasteiger partial charge in [-0.25, -0.2) is 0 Å². The van der Waals surface area contributed by atoms with Crippen molar-refractivity contribution in [1.29, 1.82) is 0 Å². The molecule has 0 spiro atoms. The molecule has 0 radical (unpaired) electrons. The van der Waals surface area contributed by atoms with Crippen molar-refractivity contribution in [3.8, 4) is 0 Å². The van der Waals surface area contributed by atoms with Crippen LogP contribution in [0.15, 0.2) is 24.3 Å². The fourth-order valence-corrected chi connectivity index (χ4v) is 2.87. The first-order valence-corrected chi connectivity index (χ1v) is 7.12. The Labute approximate surface area is 119 Å². The van der Waals surface area contributed by atoms with Gasteiger partial charge in [0.05, 0.1) is 5.54 Å². The molecule has 0 saturated heterocycles. The highest BCUT2D eigenvalue weighted by Gasteiger charge is 2.37. The van der Waals surface area contributed by atoms with E-state index in [0.717, 1.165) is 19.3 Å². The summed E-state index contributed by atoms with van der Waals surface area (Å²) in [5.41, 5.74) is 6.69. The fourth-order valence-electron chi connectivity index (χ4n) is 2.87. The van der Waals surface area contributed by atoms with Crippen LogP contribution in [0.5, 0.6) is 0 Å². The Bertz CT molecular complexity index is 527. The van der Waals surface area contributed by atoms with Gasteiger partial charge >= 0.3 is 0 Å². The highest BCUT2D eigenvalue weighted by atomic mass is 16.2. The van der Waals surface area contributed by atoms with Crippen molar-refractivity contribution < 1.29 is 9.59 Å². The Kier molecular flexibility index (Phi) is 4.23. The molecular formula is C16H22N2O2. The van der Waals surface area contributed by atoms with Crippen LogP contribution in [0.2, 0.25) is 0 Å². The van der Waals surface area contributed by atoms with E-state index in [0.29, 0.717) is 23.6 Å². The zero-order valence-electron chi connectivity index (χ0n) is 12.1. The zero-order valence-corrected chi connectivity index (χ0v) is 12.1. The minimum Gasteiger partial charge on any atom is -0.324 e. The Morgan fingerprint density at radius 1 is 1.40 bits per heavy atom. The first-order valence-electron chi connectivity index (χ1n) is 7.12. The molecule has 1 aliphatic rings. The van der Waals surface area contributed by atoms with Crippen molar-refractivity contribution in [3.05, 3.63) is 29.8 Å². The summed E-state index contributed by atoms with van der Waals surface area (Å²) in [7, 11) is 0. The lowest BCUT2D eigenvalue weighted by Crippen LogP contribution is -2.53. The summed E-state index contributed by atoms with van der Waals surface area (Å²) in [5, 5.41) is 2.85. The molecule has 0 bridgehead atoms. The number of rotatable bonds is 3. The van der Waals surface area contributed by atoms with Crippen LogP contribution in [0, 0.1) is 5.92 Å². The summed E-state index contributed by atoms with van der Waals surface area (Å²) in [4.78, 5) is 23.7. The third-order valence-electron chi connectivity index (χ3n) is 4.01. The maximum atomic E-state index is 12.4. The van der Waals surface area contributed by atoms with Crippen molar-refractivity contribution in [2.75, 3.05) is 5.32 Å². The minimum atomic E-state index is -0.788. The molecule has 0 heterocycles. The molecule has 4 heteroatoms. The van der Waals surface area contributed by atoms with Crippen LogP contribution in [0.3, 0.4) is 0 Å². The summed E-state index contributed by atoms with van der Waals surface area (Å²) in [6.07, 6.45) is 3.55. The van der Waals surface area contributed by atoms with Crippen LogP contribution < -0.4 is 11.1 Å². The number of hydrogen-bond donors (Lipinski definition) is 2. The molecule has 0 aromatic heterocycles. The normalized spacial score (nSPS) is 26.1. The van der Waals surface area contributed by atoms with E-state index >= 15 is 0 Å². The van der Waals surface area contributed by atoms with E-state index in [2.05, 4.69) is 12.2 Å². The molecule has 1 aromatic rings. The average molecular weight is 274 g/mol. The molecule has 2 unspecified atom stereocenters. The number of anilines is 1. The Morgan fingerprint density at radius 2 is 2.15 bits per heavy atom. The van der Waals surface area contributed by atoms with Gasteiger partial charge in [-0.15, -0.1) is 0 Å². The van der Waals surface area contributed by atoms with Crippen molar-refractivity contribution in [1.82, 2.24) is 0 Å². The highest BCUT2D eigenvalue weighted by molar-refractivity contribution is 6.00. The van der Waals surface area contributed by atoms with Crippen LogP contribution in [0.25, 0.3) is 0 Å². The van der Waals surface area contributed by atoms with Gasteiger partial charge in [-0.3, -0.25) is 9.59 Å². The minimum absolute atomic E-state index is 0.0187. The van der Waals surface area contributed by atoms with Gasteiger partial charge in [-0.2, -0.15) is 0 Å². The first-order chi connectivity index (χ1) is 9.40. The van der Waals surface area contributed by atoms with Gasteiger partial charge in [-0.05, 0) is 37.8 Å². The van der Waals surface area contributed by atoms with Crippen LogP contribution in [0.4, 0.5) is 5.69 Å². The molecule has 1 amide bonds. The maximum Gasteiger partial charge on any atom is 0.244 e. The smallest absolute Gasteiger partial charge is 0.244 e. The number of ketones is 1. The van der Waals surface area contributed by atoms with E-state index in [9.17, 15) is 9.59 Å². The lowest BCUT2D eigenvalue weighted by molar-refractivity contribution is -0.122. The molecule has 108 valence electrons. The number of benzene rings is 1. The molecule has 3 N–H and O–H groups in total. The SMILES string of the molecule is CC(=O)c1cccc(NC(=O)C2(N)CCCC(C)C2)c1. The quantitative estimate of drug-likeness (QED) is 0.832. The van der Waals surface area contributed by atoms with Gasteiger partial charge in [0.25, 0.3) is 0 Å².